The summed E-state index contributed by atoms with van der Waals surface area (Å²) >= 11 is 0. The molecule has 2 N–H and O–H groups in total. The quantitative estimate of drug-likeness (QED) is 0.632. The largest absolute Gasteiger partial charge is 0.473 e. The summed E-state index contributed by atoms with van der Waals surface area (Å²) in [7, 11) is 0. The van der Waals surface area contributed by atoms with Crippen LogP contribution in [0.5, 0.6) is 5.88 Å². The average molecular weight is 347 g/mol. The van der Waals surface area contributed by atoms with Crippen molar-refractivity contribution in [1.82, 2.24) is 9.97 Å². The van der Waals surface area contributed by atoms with Crippen molar-refractivity contribution in [2.24, 2.45) is 5.73 Å². The van der Waals surface area contributed by atoms with E-state index in [0.717, 1.165) is 17.7 Å². The van der Waals surface area contributed by atoms with Crippen LogP contribution in [0.3, 0.4) is 0 Å². The molecule has 1 aromatic heterocycles. The van der Waals surface area contributed by atoms with Crippen molar-refractivity contribution in [1.29, 1.82) is 0 Å². The van der Waals surface area contributed by atoms with Gasteiger partial charge >= 0.3 is 0 Å². The molecule has 0 spiro atoms. The number of Topliss-reactive ketones (excluding diaryl/α,β-unsaturated/α-hetero) is 1. The average Bonchev–Trinajstić information content (AvgIpc) is 2.71. The Balaban J connectivity index is 1.59. The summed E-state index contributed by atoms with van der Waals surface area (Å²) in [6, 6.07) is 19.3. The molecule has 1 heterocycles. The summed E-state index contributed by atoms with van der Waals surface area (Å²) in [4.78, 5) is 20.6. The van der Waals surface area contributed by atoms with Crippen LogP contribution >= 0.6 is 0 Å². The van der Waals surface area contributed by atoms with Crippen molar-refractivity contribution < 1.29 is 9.53 Å². The molecular weight excluding hydrogens is 326 g/mol. The molecular formula is C21H21N3O2. The first-order chi connectivity index (χ1) is 12.7. The van der Waals surface area contributed by atoms with Gasteiger partial charge in [-0.1, -0.05) is 48.5 Å². The number of carbonyl (C=O) groups excluding carboxylic acids is 1. The van der Waals surface area contributed by atoms with Crippen LogP contribution in [0.15, 0.2) is 67.0 Å². The second-order valence-corrected chi connectivity index (χ2v) is 5.95. The molecule has 0 saturated carbocycles. The Hall–Kier alpha value is -3.05. The molecule has 3 rings (SSSR count). The molecule has 0 bridgehead atoms. The number of carbonyl (C=O) groups is 1. The fourth-order valence-corrected chi connectivity index (χ4v) is 2.61. The lowest BCUT2D eigenvalue weighted by molar-refractivity contribution is 0.0982. The second kappa shape index (κ2) is 8.87. The predicted molar refractivity (Wildman–Crippen MR) is 99.8 cm³/mol. The Morgan fingerprint density at radius 2 is 1.77 bits per heavy atom. The van der Waals surface area contributed by atoms with E-state index in [0.29, 0.717) is 31.0 Å². The SMILES string of the molecule is NCc1cc(OCc2cccc(C(=O)CCc3ccccc3)c2)ncn1. The van der Waals surface area contributed by atoms with E-state index in [4.69, 9.17) is 10.5 Å². The van der Waals surface area contributed by atoms with E-state index in [1.54, 1.807) is 6.07 Å². The second-order valence-electron chi connectivity index (χ2n) is 5.95. The number of aromatic nitrogens is 2. The molecule has 0 aliphatic heterocycles. The van der Waals surface area contributed by atoms with E-state index in [-0.39, 0.29) is 5.78 Å². The molecule has 5 heteroatoms. The van der Waals surface area contributed by atoms with E-state index in [9.17, 15) is 4.79 Å². The zero-order valence-electron chi connectivity index (χ0n) is 14.5. The summed E-state index contributed by atoms with van der Waals surface area (Å²) in [5.41, 5.74) is 9.08. The fraction of sp³-hybridized carbons (Fsp3) is 0.190. The highest BCUT2D eigenvalue weighted by Gasteiger charge is 2.08. The Kier molecular flexibility index (Phi) is 6.06. The van der Waals surface area contributed by atoms with Crippen LogP contribution in [-0.4, -0.2) is 15.8 Å². The number of hydrogen-bond acceptors (Lipinski definition) is 5. The highest BCUT2D eigenvalue weighted by molar-refractivity contribution is 5.96. The first kappa shape index (κ1) is 17.8. The van der Waals surface area contributed by atoms with Crippen molar-refractivity contribution in [2.45, 2.75) is 26.0 Å². The lowest BCUT2D eigenvalue weighted by Gasteiger charge is -2.08. The number of rotatable bonds is 8. The maximum atomic E-state index is 12.5. The van der Waals surface area contributed by atoms with Gasteiger partial charge in [0.15, 0.2) is 5.78 Å². The zero-order valence-corrected chi connectivity index (χ0v) is 14.5. The number of nitrogens with zero attached hydrogens (tertiary/aromatic N) is 2. The smallest absolute Gasteiger partial charge is 0.216 e. The Morgan fingerprint density at radius 3 is 2.58 bits per heavy atom. The summed E-state index contributed by atoms with van der Waals surface area (Å²) in [6.07, 6.45) is 2.66. The lowest BCUT2D eigenvalue weighted by Crippen LogP contribution is -2.05. The summed E-state index contributed by atoms with van der Waals surface area (Å²) in [6.45, 7) is 0.672. The lowest BCUT2D eigenvalue weighted by atomic mass is 10.0. The summed E-state index contributed by atoms with van der Waals surface area (Å²) in [5, 5.41) is 0. The molecule has 0 unspecified atom stereocenters. The Bertz CT molecular complexity index is 866. The Morgan fingerprint density at radius 1 is 0.962 bits per heavy atom. The fourth-order valence-electron chi connectivity index (χ4n) is 2.61. The van der Waals surface area contributed by atoms with Crippen LogP contribution in [0, 0.1) is 0 Å². The molecule has 132 valence electrons. The molecule has 5 nitrogen and oxygen atoms in total. The Labute approximate surface area is 152 Å². The van der Waals surface area contributed by atoms with Crippen LogP contribution in [0.1, 0.15) is 33.6 Å². The molecule has 0 amide bonds. The maximum absolute atomic E-state index is 12.5. The number of aryl methyl sites for hydroxylation is 1. The molecule has 0 fully saturated rings. The first-order valence-electron chi connectivity index (χ1n) is 8.54. The monoisotopic (exact) mass is 347 g/mol. The van der Waals surface area contributed by atoms with Gasteiger partial charge in [0.25, 0.3) is 0 Å². The van der Waals surface area contributed by atoms with Crippen molar-refractivity contribution in [3.05, 3.63) is 89.4 Å². The van der Waals surface area contributed by atoms with Crippen LogP contribution in [-0.2, 0) is 19.6 Å². The van der Waals surface area contributed by atoms with Gasteiger partial charge in [0.2, 0.25) is 5.88 Å². The van der Waals surface area contributed by atoms with Crippen molar-refractivity contribution in [3.63, 3.8) is 0 Å². The van der Waals surface area contributed by atoms with Gasteiger partial charge in [0.1, 0.15) is 12.9 Å². The van der Waals surface area contributed by atoms with Gasteiger partial charge in [-0.15, -0.1) is 0 Å². The molecule has 0 atom stereocenters. The highest BCUT2D eigenvalue weighted by Crippen LogP contribution is 2.14. The van der Waals surface area contributed by atoms with Crippen molar-refractivity contribution >= 4 is 5.78 Å². The van der Waals surface area contributed by atoms with Crippen molar-refractivity contribution in [3.8, 4) is 5.88 Å². The van der Waals surface area contributed by atoms with Gasteiger partial charge in [-0.05, 0) is 23.6 Å². The third kappa shape index (κ3) is 4.97. The van der Waals surface area contributed by atoms with Crippen LogP contribution in [0.4, 0.5) is 0 Å². The topological polar surface area (TPSA) is 78.1 Å². The molecule has 3 aromatic rings. The summed E-state index contributed by atoms with van der Waals surface area (Å²) in [5.74, 6) is 0.601. The number of ether oxygens (including phenoxy) is 1. The van der Waals surface area contributed by atoms with Gasteiger partial charge < -0.3 is 10.5 Å². The van der Waals surface area contributed by atoms with E-state index < -0.39 is 0 Å². The molecule has 2 aromatic carbocycles. The van der Waals surface area contributed by atoms with Crippen LogP contribution < -0.4 is 10.5 Å². The molecule has 26 heavy (non-hydrogen) atoms. The standard InChI is InChI=1S/C21H21N3O2/c22-13-19-12-21(24-15-23-19)26-14-17-7-4-8-18(11-17)20(25)10-9-16-5-2-1-3-6-16/h1-8,11-12,15H,9-10,13-14,22H2. The third-order valence-electron chi connectivity index (χ3n) is 4.03. The van der Waals surface area contributed by atoms with Gasteiger partial charge in [-0.2, -0.15) is 0 Å². The summed E-state index contributed by atoms with van der Waals surface area (Å²) < 4.78 is 5.68. The minimum atomic E-state index is 0.128. The van der Waals surface area contributed by atoms with Gasteiger partial charge in [-0.3, -0.25) is 4.79 Å². The van der Waals surface area contributed by atoms with E-state index >= 15 is 0 Å². The van der Waals surface area contributed by atoms with Gasteiger partial charge in [-0.25, -0.2) is 9.97 Å². The number of ketones is 1. The van der Waals surface area contributed by atoms with E-state index in [1.807, 2.05) is 54.6 Å². The minimum Gasteiger partial charge on any atom is -0.473 e. The number of hydrogen-bond donors (Lipinski definition) is 1. The van der Waals surface area contributed by atoms with E-state index in [1.165, 1.54) is 11.9 Å². The predicted octanol–water partition coefficient (Wildman–Crippen LogP) is 3.33. The first-order valence-corrected chi connectivity index (χ1v) is 8.54. The molecule has 0 aliphatic rings. The number of benzene rings is 2. The zero-order chi connectivity index (χ0) is 18.2. The van der Waals surface area contributed by atoms with E-state index in [2.05, 4.69) is 9.97 Å². The number of nitrogens with two attached hydrogens (primary N) is 1. The third-order valence-corrected chi connectivity index (χ3v) is 4.03. The highest BCUT2D eigenvalue weighted by atomic mass is 16.5. The molecule has 0 radical (unpaired) electrons. The molecule has 0 aliphatic carbocycles. The maximum Gasteiger partial charge on any atom is 0.216 e. The van der Waals surface area contributed by atoms with Gasteiger partial charge in [0.05, 0.1) is 5.69 Å². The van der Waals surface area contributed by atoms with Crippen LogP contribution in [0.2, 0.25) is 0 Å². The van der Waals surface area contributed by atoms with Gasteiger partial charge in [0, 0.05) is 24.6 Å². The molecule has 0 saturated heterocycles. The van der Waals surface area contributed by atoms with Crippen LogP contribution in [0.25, 0.3) is 0 Å². The normalized spacial score (nSPS) is 10.5. The minimum absolute atomic E-state index is 0.128. The van der Waals surface area contributed by atoms with Crippen molar-refractivity contribution in [2.75, 3.05) is 0 Å².